The molecule has 18 heavy (non-hydrogen) atoms. The molecule has 0 aliphatic carbocycles. The van der Waals surface area contributed by atoms with E-state index in [2.05, 4.69) is 10.6 Å². The quantitative estimate of drug-likeness (QED) is 0.743. The van der Waals surface area contributed by atoms with Gasteiger partial charge in [-0.2, -0.15) is 0 Å². The fourth-order valence-electron chi connectivity index (χ4n) is 1.84. The van der Waals surface area contributed by atoms with Gasteiger partial charge in [-0.15, -0.1) is 0 Å². The van der Waals surface area contributed by atoms with Crippen molar-refractivity contribution in [2.24, 2.45) is 0 Å². The van der Waals surface area contributed by atoms with Gasteiger partial charge in [0.05, 0.1) is 6.42 Å². The van der Waals surface area contributed by atoms with Crippen molar-refractivity contribution in [2.75, 3.05) is 0 Å². The third kappa shape index (κ3) is 3.16. The fourth-order valence-corrected chi connectivity index (χ4v) is 1.84. The lowest BCUT2D eigenvalue weighted by Crippen LogP contribution is -2.40. The zero-order valence-corrected chi connectivity index (χ0v) is 9.81. The second-order valence-corrected chi connectivity index (χ2v) is 4.22. The Morgan fingerprint density at radius 2 is 2.00 bits per heavy atom. The summed E-state index contributed by atoms with van der Waals surface area (Å²) < 4.78 is 0. The summed E-state index contributed by atoms with van der Waals surface area (Å²) in [5.41, 5.74) is 1.07. The van der Waals surface area contributed by atoms with Crippen molar-refractivity contribution in [1.82, 2.24) is 10.6 Å². The lowest BCUT2D eigenvalue weighted by atomic mass is 10.1. The van der Waals surface area contributed by atoms with Crippen LogP contribution in [0.15, 0.2) is 30.3 Å². The van der Waals surface area contributed by atoms with Crippen LogP contribution in [-0.2, 0) is 20.8 Å². The molecular weight excluding hydrogens is 232 g/mol. The summed E-state index contributed by atoms with van der Waals surface area (Å²) in [6.07, 6.45) is 0.965. The molecule has 0 aromatic heterocycles. The number of rotatable bonds is 4. The van der Waals surface area contributed by atoms with Crippen molar-refractivity contribution in [3.05, 3.63) is 35.9 Å². The number of amides is 3. The molecule has 1 aromatic carbocycles. The molecule has 1 aromatic rings. The van der Waals surface area contributed by atoms with Crippen LogP contribution in [0.5, 0.6) is 0 Å². The molecule has 1 aliphatic heterocycles. The Balaban J connectivity index is 1.79. The Bertz CT molecular complexity index is 470. The van der Waals surface area contributed by atoms with E-state index in [1.54, 1.807) is 0 Å². The van der Waals surface area contributed by atoms with Gasteiger partial charge in [-0.25, -0.2) is 0 Å². The van der Waals surface area contributed by atoms with E-state index in [0.717, 1.165) is 5.56 Å². The maximum absolute atomic E-state index is 11.6. The fraction of sp³-hybridized carbons (Fsp3) is 0.308. The first kappa shape index (κ1) is 12.3. The van der Waals surface area contributed by atoms with Gasteiger partial charge in [0.1, 0.15) is 6.04 Å². The molecule has 1 fully saturated rings. The third-order valence-electron chi connectivity index (χ3n) is 2.79. The van der Waals surface area contributed by atoms with Gasteiger partial charge < -0.3 is 5.32 Å². The number of hydrogen-bond acceptors (Lipinski definition) is 3. The molecule has 0 spiro atoms. The Morgan fingerprint density at radius 1 is 1.28 bits per heavy atom. The van der Waals surface area contributed by atoms with E-state index in [-0.39, 0.29) is 18.2 Å². The highest BCUT2D eigenvalue weighted by atomic mass is 16.2. The second kappa shape index (κ2) is 5.44. The summed E-state index contributed by atoms with van der Waals surface area (Å²) in [5, 5.41) is 4.71. The van der Waals surface area contributed by atoms with Gasteiger partial charge in [-0.1, -0.05) is 30.3 Å². The molecule has 1 aliphatic rings. The molecule has 1 heterocycles. The first-order valence-corrected chi connectivity index (χ1v) is 5.82. The van der Waals surface area contributed by atoms with Gasteiger partial charge >= 0.3 is 0 Å². The first-order chi connectivity index (χ1) is 8.65. The molecule has 5 nitrogen and oxygen atoms in total. The van der Waals surface area contributed by atoms with Crippen LogP contribution in [0.3, 0.4) is 0 Å². The SMILES string of the molecule is O=C1C[C@H](NC(=O)CCc2ccccc2)C(=O)N1. The summed E-state index contributed by atoms with van der Waals surface area (Å²) in [5.74, 6) is -0.977. The number of nitrogens with one attached hydrogen (secondary N) is 2. The van der Waals surface area contributed by atoms with Crippen LogP contribution in [0.25, 0.3) is 0 Å². The van der Waals surface area contributed by atoms with Crippen molar-refractivity contribution in [3.63, 3.8) is 0 Å². The summed E-state index contributed by atoms with van der Waals surface area (Å²) in [4.78, 5) is 33.8. The molecule has 94 valence electrons. The van der Waals surface area contributed by atoms with E-state index >= 15 is 0 Å². The molecule has 1 atom stereocenters. The summed E-state index contributed by atoms with van der Waals surface area (Å²) >= 11 is 0. The minimum Gasteiger partial charge on any atom is -0.344 e. The van der Waals surface area contributed by atoms with Crippen molar-refractivity contribution >= 4 is 17.7 Å². The summed E-state index contributed by atoms with van der Waals surface area (Å²) in [7, 11) is 0. The van der Waals surface area contributed by atoms with E-state index < -0.39 is 11.9 Å². The highest BCUT2D eigenvalue weighted by molar-refractivity contribution is 6.06. The normalized spacial score (nSPS) is 18.6. The average molecular weight is 246 g/mol. The number of benzene rings is 1. The van der Waals surface area contributed by atoms with Gasteiger partial charge in [0.25, 0.3) is 0 Å². The number of carbonyl (C=O) groups excluding carboxylic acids is 3. The van der Waals surface area contributed by atoms with Crippen LogP contribution in [-0.4, -0.2) is 23.8 Å². The highest BCUT2D eigenvalue weighted by Gasteiger charge is 2.31. The first-order valence-electron chi connectivity index (χ1n) is 5.82. The molecule has 0 radical (unpaired) electrons. The highest BCUT2D eigenvalue weighted by Crippen LogP contribution is 2.04. The van der Waals surface area contributed by atoms with Crippen molar-refractivity contribution in [2.45, 2.75) is 25.3 Å². The molecular formula is C13H14N2O3. The zero-order chi connectivity index (χ0) is 13.0. The molecule has 2 rings (SSSR count). The zero-order valence-electron chi connectivity index (χ0n) is 9.81. The Labute approximate surface area is 105 Å². The molecule has 2 N–H and O–H groups in total. The Hall–Kier alpha value is -2.17. The van der Waals surface area contributed by atoms with Gasteiger partial charge in [0.15, 0.2) is 0 Å². The van der Waals surface area contributed by atoms with E-state index in [4.69, 9.17) is 0 Å². The number of hydrogen-bond donors (Lipinski definition) is 2. The number of imide groups is 1. The predicted octanol–water partition coefficient (Wildman–Crippen LogP) is 0.150. The van der Waals surface area contributed by atoms with Crippen LogP contribution in [0, 0.1) is 0 Å². The minimum absolute atomic E-state index is 0.0376. The largest absolute Gasteiger partial charge is 0.344 e. The van der Waals surface area contributed by atoms with Gasteiger partial charge in [-0.05, 0) is 12.0 Å². The molecule has 0 saturated carbocycles. The Kier molecular flexibility index (Phi) is 3.72. The summed E-state index contributed by atoms with van der Waals surface area (Å²) in [6, 6.07) is 8.92. The minimum atomic E-state index is -0.708. The molecule has 5 heteroatoms. The maximum Gasteiger partial charge on any atom is 0.249 e. The molecule has 3 amide bonds. The van der Waals surface area contributed by atoms with Crippen LogP contribution >= 0.6 is 0 Å². The van der Waals surface area contributed by atoms with Crippen LogP contribution in [0.4, 0.5) is 0 Å². The molecule has 0 bridgehead atoms. The van der Waals surface area contributed by atoms with Crippen LogP contribution in [0.2, 0.25) is 0 Å². The number of aryl methyl sites for hydroxylation is 1. The van der Waals surface area contributed by atoms with Crippen LogP contribution < -0.4 is 10.6 Å². The molecule has 1 saturated heterocycles. The van der Waals surface area contributed by atoms with Gasteiger partial charge in [0, 0.05) is 6.42 Å². The monoisotopic (exact) mass is 246 g/mol. The Morgan fingerprint density at radius 3 is 2.61 bits per heavy atom. The standard InChI is InChI=1S/C13H14N2O3/c16-11(7-6-9-4-2-1-3-5-9)14-10-8-12(17)15-13(10)18/h1-5,10H,6-8H2,(H,14,16)(H,15,17,18)/t10-/m0/s1. The van der Waals surface area contributed by atoms with E-state index in [1.165, 1.54) is 0 Å². The van der Waals surface area contributed by atoms with Gasteiger partial charge in [0.2, 0.25) is 17.7 Å². The lowest BCUT2D eigenvalue weighted by molar-refractivity contribution is -0.128. The number of carbonyl (C=O) groups is 3. The topological polar surface area (TPSA) is 75.3 Å². The van der Waals surface area contributed by atoms with Crippen molar-refractivity contribution in [1.29, 1.82) is 0 Å². The van der Waals surface area contributed by atoms with Gasteiger partial charge in [-0.3, -0.25) is 19.7 Å². The van der Waals surface area contributed by atoms with Crippen LogP contribution in [0.1, 0.15) is 18.4 Å². The van der Waals surface area contributed by atoms with E-state index in [9.17, 15) is 14.4 Å². The average Bonchev–Trinajstić information content (AvgIpc) is 2.67. The lowest BCUT2D eigenvalue weighted by Gasteiger charge is -2.08. The second-order valence-electron chi connectivity index (χ2n) is 4.22. The smallest absolute Gasteiger partial charge is 0.249 e. The summed E-state index contributed by atoms with van der Waals surface area (Å²) in [6.45, 7) is 0. The maximum atomic E-state index is 11.6. The third-order valence-corrected chi connectivity index (χ3v) is 2.79. The van der Waals surface area contributed by atoms with Crippen molar-refractivity contribution in [3.8, 4) is 0 Å². The predicted molar refractivity (Wildman–Crippen MR) is 64.5 cm³/mol. The van der Waals surface area contributed by atoms with Crippen molar-refractivity contribution < 1.29 is 14.4 Å². The van der Waals surface area contributed by atoms with E-state index in [1.807, 2.05) is 30.3 Å². The molecule has 0 unspecified atom stereocenters. The van der Waals surface area contributed by atoms with E-state index in [0.29, 0.717) is 12.8 Å².